The van der Waals surface area contributed by atoms with Crippen molar-refractivity contribution in [2.75, 3.05) is 12.4 Å². The van der Waals surface area contributed by atoms with Crippen molar-refractivity contribution in [1.29, 1.82) is 0 Å². The number of anilines is 1. The first-order chi connectivity index (χ1) is 9.12. The van der Waals surface area contributed by atoms with Gasteiger partial charge in [0, 0.05) is 19.5 Å². The summed E-state index contributed by atoms with van der Waals surface area (Å²) in [6, 6.07) is 7.82. The van der Waals surface area contributed by atoms with Crippen molar-refractivity contribution in [3.63, 3.8) is 0 Å². The quantitative estimate of drug-likeness (QED) is 0.910. The monoisotopic (exact) mass is 257 g/mol. The molecular weight excluding hydrogens is 238 g/mol. The Labute approximate surface area is 113 Å². The summed E-state index contributed by atoms with van der Waals surface area (Å²) in [6.45, 7) is 6.17. The maximum Gasteiger partial charge on any atom is 0.224 e. The summed E-state index contributed by atoms with van der Waals surface area (Å²) < 4.78 is 5.81. The molecule has 0 fully saturated rings. The third-order valence-corrected chi connectivity index (χ3v) is 3.02. The zero-order valence-corrected chi connectivity index (χ0v) is 11.8. The van der Waals surface area contributed by atoms with Crippen LogP contribution >= 0.6 is 0 Å². The average molecular weight is 257 g/mol. The molecule has 0 radical (unpaired) electrons. The fraction of sp³-hybridized carbons (Fsp3) is 0.333. The van der Waals surface area contributed by atoms with Gasteiger partial charge in [0.2, 0.25) is 5.88 Å². The summed E-state index contributed by atoms with van der Waals surface area (Å²) >= 11 is 0. The van der Waals surface area contributed by atoms with E-state index in [-0.39, 0.29) is 0 Å². The highest BCUT2D eigenvalue weighted by Gasteiger charge is 2.05. The van der Waals surface area contributed by atoms with E-state index in [1.807, 2.05) is 32.2 Å². The summed E-state index contributed by atoms with van der Waals surface area (Å²) in [6.07, 6.45) is 0.777. The number of benzene rings is 1. The normalized spacial score (nSPS) is 10.3. The van der Waals surface area contributed by atoms with E-state index in [4.69, 9.17) is 4.74 Å². The molecule has 0 atom stereocenters. The van der Waals surface area contributed by atoms with Gasteiger partial charge in [-0.3, -0.25) is 0 Å². The molecule has 1 N–H and O–H groups in total. The van der Waals surface area contributed by atoms with Crippen molar-refractivity contribution in [2.45, 2.75) is 27.2 Å². The Morgan fingerprint density at radius 3 is 2.53 bits per heavy atom. The second-order valence-corrected chi connectivity index (χ2v) is 4.46. The minimum absolute atomic E-state index is 0.569. The number of rotatable bonds is 4. The molecule has 0 saturated heterocycles. The van der Waals surface area contributed by atoms with Gasteiger partial charge in [0.25, 0.3) is 0 Å². The van der Waals surface area contributed by atoms with Crippen molar-refractivity contribution in [3.05, 3.63) is 41.2 Å². The lowest BCUT2D eigenvalue weighted by atomic mass is 10.1. The number of ether oxygens (including phenoxy) is 1. The van der Waals surface area contributed by atoms with Gasteiger partial charge in [-0.2, -0.15) is 4.98 Å². The van der Waals surface area contributed by atoms with E-state index in [2.05, 4.69) is 29.1 Å². The molecule has 1 heterocycles. The number of nitrogens with one attached hydrogen (secondary N) is 1. The summed E-state index contributed by atoms with van der Waals surface area (Å²) in [4.78, 5) is 8.72. The maximum absolute atomic E-state index is 5.81. The molecule has 2 aromatic rings. The van der Waals surface area contributed by atoms with E-state index in [1.54, 1.807) is 6.07 Å². The summed E-state index contributed by atoms with van der Waals surface area (Å²) in [7, 11) is 1.83. The fourth-order valence-electron chi connectivity index (χ4n) is 1.71. The second-order valence-electron chi connectivity index (χ2n) is 4.46. The van der Waals surface area contributed by atoms with Crippen LogP contribution in [0.5, 0.6) is 11.6 Å². The topological polar surface area (TPSA) is 47.0 Å². The Kier molecular flexibility index (Phi) is 4.00. The smallest absolute Gasteiger partial charge is 0.224 e. The van der Waals surface area contributed by atoms with Crippen LogP contribution < -0.4 is 10.1 Å². The van der Waals surface area contributed by atoms with Gasteiger partial charge in [-0.25, -0.2) is 4.98 Å². The van der Waals surface area contributed by atoms with Crippen molar-refractivity contribution < 1.29 is 4.74 Å². The molecule has 0 aliphatic carbocycles. The number of aromatic nitrogens is 2. The largest absolute Gasteiger partial charge is 0.439 e. The zero-order chi connectivity index (χ0) is 13.8. The highest BCUT2D eigenvalue weighted by molar-refractivity contribution is 5.41. The molecule has 0 bridgehead atoms. The van der Waals surface area contributed by atoms with E-state index < -0.39 is 0 Å². The molecule has 0 saturated carbocycles. The van der Waals surface area contributed by atoms with Crippen LogP contribution in [0.3, 0.4) is 0 Å². The molecular formula is C15H19N3O. The van der Waals surface area contributed by atoms with Gasteiger partial charge in [-0.15, -0.1) is 0 Å². The molecule has 4 heteroatoms. The van der Waals surface area contributed by atoms with Crippen molar-refractivity contribution in [1.82, 2.24) is 9.97 Å². The zero-order valence-electron chi connectivity index (χ0n) is 11.8. The minimum Gasteiger partial charge on any atom is -0.439 e. The SMILES string of the molecule is CCc1nc(NC)cc(Oc2ccc(C)c(C)c2)n1. The Balaban J connectivity index is 2.29. The highest BCUT2D eigenvalue weighted by atomic mass is 16.5. The van der Waals surface area contributed by atoms with E-state index >= 15 is 0 Å². The maximum atomic E-state index is 5.81. The van der Waals surface area contributed by atoms with Crippen molar-refractivity contribution >= 4 is 5.82 Å². The van der Waals surface area contributed by atoms with Crippen LogP contribution in [0, 0.1) is 13.8 Å². The van der Waals surface area contributed by atoms with Crippen LogP contribution in [0.1, 0.15) is 23.9 Å². The van der Waals surface area contributed by atoms with E-state index in [9.17, 15) is 0 Å². The molecule has 0 aliphatic heterocycles. The van der Waals surface area contributed by atoms with Crippen LogP contribution in [0.4, 0.5) is 5.82 Å². The Morgan fingerprint density at radius 2 is 1.89 bits per heavy atom. The molecule has 0 amide bonds. The predicted octanol–water partition coefficient (Wildman–Crippen LogP) is 3.49. The third-order valence-electron chi connectivity index (χ3n) is 3.02. The van der Waals surface area contributed by atoms with Crippen LogP contribution in [-0.4, -0.2) is 17.0 Å². The fourth-order valence-corrected chi connectivity index (χ4v) is 1.71. The molecule has 0 aliphatic rings. The standard InChI is InChI=1S/C15H19N3O/c1-5-13-17-14(16-4)9-15(18-13)19-12-7-6-10(2)11(3)8-12/h6-9H,5H2,1-4H3,(H,16,17,18). The lowest BCUT2D eigenvalue weighted by Crippen LogP contribution is -2.01. The molecule has 0 unspecified atom stereocenters. The van der Waals surface area contributed by atoms with Crippen molar-refractivity contribution in [3.8, 4) is 11.6 Å². The molecule has 100 valence electrons. The van der Waals surface area contributed by atoms with Gasteiger partial charge in [0.1, 0.15) is 17.4 Å². The van der Waals surface area contributed by atoms with Crippen LogP contribution in [0.25, 0.3) is 0 Å². The molecule has 1 aromatic heterocycles. The van der Waals surface area contributed by atoms with E-state index in [0.29, 0.717) is 5.88 Å². The second kappa shape index (κ2) is 5.69. The van der Waals surface area contributed by atoms with Gasteiger partial charge < -0.3 is 10.1 Å². The van der Waals surface area contributed by atoms with Gasteiger partial charge >= 0.3 is 0 Å². The number of aryl methyl sites for hydroxylation is 3. The lowest BCUT2D eigenvalue weighted by Gasteiger charge is -2.09. The average Bonchev–Trinajstić information content (AvgIpc) is 2.42. The van der Waals surface area contributed by atoms with Crippen LogP contribution in [0.2, 0.25) is 0 Å². The molecule has 2 rings (SSSR count). The Hall–Kier alpha value is -2.10. The highest BCUT2D eigenvalue weighted by Crippen LogP contribution is 2.23. The minimum atomic E-state index is 0.569. The summed E-state index contributed by atoms with van der Waals surface area (Å²) in [5.41, 5.74) is 2.45. The number of hydrogen-bond acceptors (Lipinski definition) is 4. The van der Waals surface area contributed by atoms with Crippen molar-refractivity contribution in [2.24, 2.45) is 0 Å². The number of nitrogens with zero attached hydrogens (tertiary/aromatic N) is 2. The molecule has 1 aromatic carbocycles. The van der Waals surface area contributed by atoms with Gasteiger partial charge in [-0.1, -0.05) is 13.0 Å². The third kappa shape index (κ3) is 3.22. The molecule has 4 nitrogen and oxygen atoms in total. The first-order valence-electron chi connectivity index (χ1n) is 6.43. The number of hydrogen-bond donors (Lipinski definition) is 1. The molecule has 19 heavy (non-hydrogen) atoms. The van der Waals surface area contributed by atoms with Gasteiger partial charge in [0.15, 0.2) is 0 Å². The van der Waals surface area contributed by atoms with Crippen LogP contribution in [0.15, 0.2) is 24.3 Å². The summed E-state index contributed by atoms with van der Waals surface area (Å²) in [5.74, 6) is 2.90. The predicted molar refractivity (Wildman–Crippen MR) is 76.9 cm³/mol. The first kappa shape index (κ1) is 13.3. The van der Waals surface area contributed by atoms with E-state index in [0.717, 1.165) is 23.8 Å². The van der Waals surface area contributed by atoms with Gasteiger partial charge in [0.05, 0.1) is 0 Å². The molecule has 0 spiro atoms. The first-order valence-corrected chi connectivity index (χ1v) is 6.43. The van der Waals surface area contributed by atoms with Gasteiger partial charge in [-0.05, 0) is 37.1 Å². The van der Waals surface area contributed by atoms with Crippen LogP contribution in [-0.2, 0) is 6.42 Å². The Bertz CT molecular complexity index is 559. The summed E-state index contributed by atoms with van der Waals surface area (Å²) in [5, 5.41) is 3.02. The Morgan fingerprint density at radius 1 is 1.11 bits per heavy atom. The lowest BCUT2D eigenvalue weighted by molar-refractivity contribution is 0.458. The van der Waals surface area contributed by atoms with E-state index in [1.165, 1.54) is 11.1 Å².